The normalized spacial score (nSPS) is 10.3. The number of anilines is 1. The largest absolute Gasteiger partial charge is 0.493 e. The minimum Gasteiger partial charge on any atom is -0.493 e. The molecule has 1 heterocycles. The van der Waals surface area contributed by atoms with Crippen molar-refractivity contribution in [1.82, 2.24) is 4.98 Å². The number of nitrogens with zero attached hydrogens (tertiary/aromatic N) is 1. The summed E-state index contributed by atoms with van der Waals surface area (Å²) in [5.41, 5.74) is 1.75. The maximum atomic E-state index is 12.5. The van der Waals surface area contributed by atoms with Gasteiger partial charge >= 0.3 is 0 Å². The number of carbonyl (C=O) groups is 1. The van der Waals surface area contributed by atoms with Crippen molar-refractivity contribution in [2.45, 2.75) is 6.61 Å². The van der Waals surface area contributed by atoms with E-state index < -0.39 is 0 Å². The van der Waals surface area contributed by atoms with Crippen LogP contribution in [0.2, 0.25) is 10.0 Å². The van der Waals surface area contributed by atoms with Crippen molar-refractivity contribution in [1.29, 1.82) is 0 Å². The van der Waals surface area contributed by atoms with Gasteiger partial charge in [-0.2, -0.15) is 0 Å². The number of methoxy groups -OCH3 is 1. The molecule has 0 unspecified atom stereocenters. The Morgan fingerprint density at radius 2 is 1.96 bits per heavy atom. The lowest BCUT2D eigenvalue weighted by Gasteiger charge is -2.13. The highest BCUT2D eigenvalue weighted by atomic mass is 35.5. The molecule has 0 spiro atoms. The number of aromatic nitrogens is 1. The van der Waals surface area contributed by atoms with E-state index in [1.54, 1.807) is 49.8 Å². The number of nitrogens with one attached hydrogen (secondary N) is 1. The Morgan fingerprint density at radius 1 is 1.11 bits per heavy atom. The highest BCUT2D eigenvalue weighted by molar-refractivity contribution is 6.36. The van der Waals surface area contributed by atoms with Crippen LogP contribution < -0.4 is 14.8 Å². The molecule has 3 rings (SSSR count). The van der Waals surface area contributed by atoms with Crippen molar-refractivity contribution in [2.75, 3.05) is 12.4 Å². The van der Waals surface area contributed by atoms with E-state index in [2.05, 4.69) is 10.3 Å². The number of pyridine rings is 1. The molecule has 2 aromatic carbocycles. The molecule has 1 aromatic heterocycles. The van der Waals surface area contributed by atoms with Crippen LogP contribution in [-0.4, -0.2) is 18.0 Å². The third-order valence-corrected chi connectivity index (χ3v) is 4.28. The predicted octanol–water partition coefficient (Wildman–Crippen LogP) is 5.23. The van der Waals surface area contributed by atoms with Crippen LogP contribution in [0.25, 0.3) is 0 Å². The number of ether oxygens (including phenoxy) is 2. The molecule has 0 saturated carbocycles. The Kier molecular flexibility index (Phi) is 6.16. The van der Waals surface area contributed by atoms with E-state index in [9.17, 15) is 4.79 Å². The number of hydrogen-bond acceptors (Lipinski definition) is 4. The topological polar surface area (TPSA) is 60.5 Å². The standard InChI is InChI=1S/C20H16Cl2N2O3/c1-26-18-7-5-15(10-19(18)27-12-13-3-2-8-23-11-13)24-20(25)16-9-14(21)4-6-17(16)22/h2-11H,12H2,1H3,(H,24,25). The average molecular weight is 403 g/mol. The van der Waals surface area contributed by atoms with Gasteiger partial charge in [-0.3, -0.25) is 9.78 Å². The third-order valence-electron chi connectivity index (χ3n) is 3.71. The fourth-order valence-electron chi connectivity index (χ4n) is 2.38. The van der Waals surface area contributed by atoms with Crippen molar-refractivity contribution in [2.24, 2.45) is 0 Å². The Balaban J connectivity index is 1.78. The zero-order chi connectivity index (χ0) is 19.2. The molecular weight excluding hydrogens is 387 g/mol. The molecule has 0 atom stereocenters. The quantitative estimate of drug-likeness (QED) is 0.613. The van der Waals surface area contributed by atoms with E-state index >= 15 is 0 Å². The molecule has 138 valence electrons. The summed E-state index contributed by atoms with van der Waals surface area (Å²) < 4.78 is 11.1. The number of halogens is 2. The summed E-state index contributed by atoms with van der Waals surface area (Å²) in [6, 6.07) is 13.6. The Labute approximate surface area is 166 Å². The van der Waals surface area contributed by atoms with Crippen LogP contribution in [0.4, 0.5) is 5.69 Å². The Bertz CT molecular complexity index is 949. The van der Waals surface area contributed by atoms with Gasteiger partial charge < -0.3 is 14.8 Å². The fraction of sp³-hybridized carbons (Fsp3) is 0.100. The van der Waals surface area contributed by atoms with Crippen molar-refractivity contribution in [3.63, 3.8) is 0 Å². The van der Waals surface area contributed by atoms with Crippen LogP contribution in [0.3, 0.4) is 0 Å². The maximum Gasteiger partial charge on any atom is 0.257 e. The minimum absolute atomic E-state index is 0.290. The van der Waals surface area contributed by atoms with E-state index in [1.165, 1.54) is 6.07 Å². The smallest absolute Gasteiger partial charge is 0.257 e. The predicted molar refractivity (Wildman–Crippen MR) is 106 cm³/mol. The number of benzene rings is 2. The first-order chi connectivity index (χ1) is 13.1. The summed E-state index contributed by atoms with van der Waals surface area (Å²) in [5.74, 6) is 0.680. The van der Waals surface area contributed by atoms with Crippen molar-refractivity contribution < 1.29 is 14.3 Å². The molecule has 0 aliphatic carbocycles. The number of hydrogen-bond donors (Lipinski definition) is 1. The minimum atomic E-state index is -0.370. The zero-order valence-electron chi connectivity index (χ0n) is 14.4. The maximum absolute atomic E-state index is 12.5. The van der Waals surface area contributed by atoms with Crippen LogP contribution in [0.15, 0.2) is 60.9 Å². The third kappa shape index (κ3) is 4.90. The molecule has 1 amide bonds. The van der Waals surface area contributed by atoms with Gasteiger partial charge in [0.1, 0.15) is 6.61 Å². The summed E-state index contributed by atoms with van der Waals surface area (Å²) in [5, 5.41) is 3.53. The molecule has 3 aromatic rings. The summed E-state index contributed by atoms with van der Waals surface area (Å²) in [7, 11) is 1.55. The van der Waals surface area contributed by atoms with Gasteiger partial charge in [-0.15, -0.1) is 0 Å². The molecule has 0 fully saturated rings. The summed E-state index contributed by atoms with van der Waals surface area (Å²) in [4.78, 5) is 16.6. The first-order valence-electron chi connectivity index (χ1n) is 8.03. The van der Waals surface area contributed by atoms with E-state index in [0.29, 0.717) is 33.8 Å². The van der Waals surface area contributed by atoms with E-state index in [-0.39, 0.29) is 11.5 Å². The molecule has 27 heavy (non-hydrogen) atoms. The van der Waals surface area contributed by atoms with Crippen LogP contribution in [-0.2, 0) is 6.61 Å². The average Bonchev–Trinajstić information content (AvgIpc) is 2.69. The second-order valence-electron chi connectivity index (χ2n) is 5.59. The molecule has 0 bridgehead atoms. The molecule has 0 aliphatic rings. The molecule has 0 saturated heterocycles. The Hall–Kier alpha value is -2.76. The second kappa shape index (κ2) is 8.75. The first-order valence-corrected chi connectivity index (χ1v) is 8.78. The van der Waals surface area contributed by atoms with Gasteiger partial charge in [-0.05, 0) is 36.4 Å². The van der Waals surface area contributed by atoms with Gasteiger partial charge in [0, 0.05) is 34.7 Å². The van der Waals surface area contributed by atoms with E-state index in [1.807, 2.05) is 12.1 Å². The molecule has 0 aliphatic heterocycles. The van der Waals surface area contributed by atoms with Gasteiger partial charge in [0.25, 0.3) is 5.91 Å². The fourth-order valence-corrected chi connectivity index (χ4v) is 2.76. The molecular formula is C20H16Cl2N2O3. The summed E-state index contributed by atoms with van der Waals surface area (Å²) in [6.07, 6.45) is 3.42. The number of rotatable bonds is 6. The lowest BCUT2D eigenvalue weighted by molar-refractivity contribution is 0.102. The monoisotopic (exact) mass is 402 g/mol. The summed E-state index contributed by atoms with van der Waals surface area (Å²) in [6.45, 7) is 0.321. The molecule has 7 heteroatoms. The van der Waals surface area contributed by atoms with Crippen molar-refractivity contribution in [3.8, 4) is 11.5 Å². The highest BCUT2D eigenvalue weighted by Gasteiger charge is 2.13. The highest BCUT2D eigenvalue weighted by Crippen LogP contribution is 2.31. The van der Waals surface area contributed by atoms with Crippen LogP contribution in [0, 0.1) is 0 Å². The Morgan fingerprint density at radius 3 is 2.70 bits per heavy atom. The zero-order valence-corrected chi connectivity index (χ0v) is 15.9. The first kappa shape index (κ1) is 19.0. The summed E-state index contributed by atoms with van der Waals surface area (Å²) >= 11 is 12.0. The van der Waals surface area contributed by atoms with Gasteiger partial charge in [-0.1, -0.05) is 29.3 Å². The van der Waals surface area contributed by atoms with Crippen LogP contribution >= 0.6 is 23.2 Å². The van der Waals surface area contributed by atoms with Crippen LogP contribution in [0.5, 0.6) is 11.5 Å². The van der Waals surface area contributed by atoms with Gasteiger partial charge in [0.15, 0.2) is 11.5 Å². The molecule has 5 nitrogen and oxygen atoms in total. The molecule has 0 radical (unpaired) electrons. The van der Waals surface area contributed by atoms with Gasteiger partial charge in [-0.25, -0.2) is 0 Å². The van der Waals surface area contributed by atoms with Crippen molar-refractivity contribution in [3.05, 3.63) is 82.1 Å². The molecule has 1 N–H and O–H groups in total. The van der Waals surface area contributed by atoms with Crippen molar-refractivity contribution >= 4 is 34.8 Å². The van der Waals surface area contributed by atoms with Gasteiger partial charge in [0.2, 0.25) is 0 Å². The lowest BCUT2D eigenvalue weighted by Crippen LogP contribution is -2.12. The van der Waals surface area contributed by atoms with E-state index in [4.69, 9.17) is 32.7 Å². The van der Waals surface area contributed by atoms with Gasteiger partial charge in [0.05, 0.1) is 17.7 Å². The lowest BCUT2D eigenvalue weighted by atomic mass is 10.2. The SMILES string of the molecule is COc1ccc(NC(=O)c2cc(Cl)ccc2Cl)cc1OCc1cccnc1. The second-order valence-corrected chi connectivity index (χ2v) is 6.44. The van der Waals surface area contributed by atoms with Crippen LogP contribution in [0.1, 0.15) is 15.9 Å². The van der Waals surface area contributed by atoms with E-state index in [0.717, 1.165) is 5.56 Å². The number of amides is 1. The number of carbonyl (C=O) groups excluding carboxylic acids is 1.